The predicted molar refractivity (Wildman–Crippen MR) is 161 cm³/mol. The molecule has 0 saturated carbocycles. The molecule has 0 spiro atoms. The number of aliphatic hydroxyl groups is 1. The van der Waals surface area contributed by atoms with Gasteiger partial charge in [0.05, 0.1) is 36.7 Å². The third kappa shape index (κ3) is 7.44. The number of nitrogens with zero attached hydrogens (tertiary/aromatic N) is 5. The molecule has 1 N–H and O–H groups in total. The summed E-state index contributed by atoms with van der Waals surface area (Å²) < 4.78 is 48.0. The number of hydrogen-bond acceptors (Lipinski definition) is 8. The number of alkyl halides is 2. The Hall–Kier alpha value is -2.16. The number of morpholine rings is 1. The van der Waals surface area contributed by atoms with Crippen molar-refractivity contribution in [3.05, 3.63) is 35.1 Å². The molecule has 2 fully saturated rings. The molecule has 0 radical (unpaired) electrons. The molecule has 2 aromatic heterocycles. The maximum atomic E-state index is 14.1. The lowest BCUT2D eigenvalue weighted by Crippen LogP contribution is -2.58. The van der Waals surface area contributed by atoms with Gasteiger partial charge in [0.2, 0.25) is 0 Å². The largest absolute Gasteiger partial charge is 0.485 e. The molecule has 1 aromatic carbocycles. The number of piperazine rings is 1. The van der Waals surface area contributed by atoms with Crippen molar-refractivity contribution in [1.29, 1.82) is 0 Å². The maximum absolute atomic E-state index is 14.1. The first-order valence-electron chi connectivity index (χ1n) is 14.0. The number of pyridine rings is 1. The number of anilines is 1. The molecule has 2 saturated heterocycles. The van der Waals surface area contributed by atoms with Crippen LogP contribution in [0.1, 0.15) is 0 Å². The second kappa shape index (κ2) is 12.6. The van der Waals surface area contributed by atoms with E-state index in [1.165, 1.54) is 0 Å². The SMILES string of the molecule is C[Si](C)(C)CCOCn1nc(-c2ccc(N3CCN4CCOC[C@H]4C3)c(OCC(F)(F)CO)c2)c2cc(Br)ncc21. The monoisotopic (exact) mass is 653 g/mol. The van der Waals surface area contributed by atoms with Gasteiger partial charge in [-0.25, -0.2) is 18.4 Å². The summed E-state index contributed by atoms with van der Waals surface area (Å²) in [6.45, 7) is 10.2. The highest BCUT2D eigenvalue weighted by molar-refractivity contribution is 9.10. The minimum Gasteiger partial charge on any atom is -0.485 e. The minimum absolute atomic E-state index is 0.231. The zero-order valence-corrected chi connectivity index (χ0v) is 26.4. The molecule has 0 bridgehead atoms. The average molecular weight is 655 g/mol. The number of ether oxygens (including phenoxy) is 3. The van der Waals surface area contributed by atoms with Crippen LogP contribution in [0.4, 0.5) is 14.5 Å². The lowest BCUT2D eigenvalue weighted by atomic mass is 10.1. The van der Waals surface area contributed by atoms with E-state index < -0.39 is 27.2 Å². The lowest BCUT2D eigenvalue weighted by molar-refractivity contribution is -0.0800. The van der Waals surface area contributed by atoms with Gasteiger partial charge < -0.3 is 24.2 Å². The molecule has 5 rings (SSSR count). The van der Waals surface area contributed by atoms with E-state index in [4.69, 9.17) is 24.4 Å². The summed E-state index contributed by atoms with van der Waals surface area (Å²) in [4.78, 5) is 8.96. The number of hydrogen-bond donors (Lipinski definition) is 1. The Kier molecular flexibility index (Phi) is 9.31. The second-order valence-electron chi connectivity index (χ2n) is 11.9. The van der Waals surface area contributed by atoms with Gasteiger partial charge in [-0.3, -0.25) is 4.90 Å². The van der Waals surface area contributed by atoms with E-state index in [1.54, 1.807) is 16.9 Å². The molecule has 9 nitrogen and oxygen atoms in total. The van der Waals surface area contributed by atoms with Crippen LogP contribution in [0.3, 0.4) is 0 Å². The summed E-state index contributed by atoms with van der Waals surface area (Å²) in [6, 6.07) is 8.79. The highest BCUT2D eigenvalue weighted by Gasteiger charge is 2.33. The molecule has 3 aromatic rings. The first-order chi connectivity index (χ1) is 19.5. The van der Waals surface area contributed by atoms with Crippen LogP contribution in [0.25, 0.3) is 22.2 Å². The molecule has 1 atom stereocenters. The molecule has 0 amide bonds. The van der Waals surface area contributed by atoms with Crippen LogP contribution in [0.15, 0.2) is 35.1 Å². The fraction of sp³-hybridized carbons (Fsp3) is 0.571. The van der Waals surface area contributed by atoms with Crippen LogP contribution in [-0.4, -0.2) is 104 Å². The third-order valence-electron chi connectivity index (χ3n) is 7.50. The van der Waals surface area contributed by atoms with E-state index in [1.807, 2.05) is 18.2 Å². The molecule has 2 aliphatic heterocycles. The van der Waals surface area contributed by atoms with Gasteiger partial charge in [-0.15, -0.1) is 0 Å². The van der Waals surface area contributed by atoms with Crippen LogP contribution < -0.4 is 9.64 Å². The quantitative estimate of drug-likeness (QED) is 0.181. The van der Waals surface area contributed by atoms with Crippen molar-refractivity contribution in [3.8, 4) is 17.0 Å². The Labute approximate surface area is 248 Å². The Bertz CT molecular complexity index is 1350. The molecule has 4 heterocycles. The van der Waals surface area contributed by atoms with E-state index in [-0.39, 0.29) is 12.8 Å². The van der Waals surface area contributed by atoms with Crippen molar-refractivity contribution < 1.29 is 28.1 Å². The molecule has 224 valence electrons. The maximum Gasteiger partial charge on any atom is 0.303 e. The zero-order valence-electron chi connectivity index (χ0n) is 23.8. The van der Waals surface area contributed by atoms with Gasteiger partial charge in [0, 0.05) is 51.8 Å². The molecular formula is C28H38BrF2N5O4Si. The molecule has 13 heteroatoms. The van der Waals surface area contributed by atoms with E-state index in [0.29, 0.717) is 35.8 Å². The van der Waals surface area contributed by atoms with Gasteiger partial charge in [0.1, 0.15) is 29.4 Å². The number of benzene rings is 1. The molecular weight excluding hydrogens is 616 g/mol. The first-order valence-corrected chi connectivity index (χ1v) is 18.5. The topological polar surface area (TPSA) is 85.1 Å². The van der Waals surface area contributed by atoms with Gasteiger partial charge in [-0.05, 0) is 40.2 Å². The Morgan fingerprint density at radius 1 is 1.20 bits per heavy atom. The van der Waals surface area contributed by atoms with Crippen molar-refractivity contribution in [2.24, 2.45) is 0 Å². The fourth-order valence-electron chi connectivity index (χ4n) is 5.12. The summed E-state index contributed by atoms with van der Waals surface area (Å²) in [7, 11) is -1.23. The van der Waals surface area contributed by atoms with E-state index in [9.17, 15) is 8.78 Å². The lowest BCUT2D eigenvalue weighted by Gasteiger charge is -2.44. The second-order valence-corrected chi connectivity index (χ2v) is 18.4. The third-order valence-corrected chi connectivity index (χ3v) is 9.63. The van der Waals surface area contributed by atoms with E-state index in [2.05, 4.69) is 50.4 Å². The van der Waals surface area contributed by atoms with Gasteiger partial charge >= 0.3 is 5.92 Å². The van der Waals surface area contributed by atoms with Gasteiger partial charge in [0.15, 0.2) is 6.61 Å². The van der Waals surface area contributed by atoms with Crippen LogP contribution in [0.5, 0.6) is 5.75 Å². The highest BCUT2D eigenvalue weighted by Crippen LogP contribution is 2.38. The minimum atomic E-state index is -3.36. The molecule has 2 aliphatic rings. The number of halogens is 3. The normalized spacial score (nSPS) is 18.6. The smallest absolute Gasteiger partial charge is 0.303 e. The van der Waals surface area contributed by atoms with Crippen molar-refractivity contribution in [1.82, 2.24) is 19.7 Å². The fourth-order valence-corrected chi connectivity index (χ4v) is 6.21. The van der Waals surface area contributed by atoms with Crippen LogP contribution >= 0.6 is 15.9 Å². The summed E-state index contributed by atoms with van der Waals surface area (Å²) in [5.74, 6) is -3.04. The number of fused-ring (bicyclic) bond motifs is 2. The summed E-state index contributed by atoms with van der Waals surface area (Å²) in [5, 5.41) is 14.9. The van der Waals surface area contributed by atoms with Crippen molar-refractivity contribution in [2.45, 2.75) is 44.4 Å². The summed E-state index contributed by atoms with van der Waals surface area (Å²) >= 11 is 3.47. The van der Waals surface area contributed by atoms with Crippen LogP contribution in [-0.2, 0) is 16.2 Å². The van der Waals surface area contributed by atoms with E-state index >= 15 is 0 Å². The van der Waals surface area contributed by atoms with E-state index in [0.717, 1.165) is 54.4 Å². The molecule has 41 heavy (non-hydrogen) atoms. The van der Waals surface area contributed by atoms with Gasteiger partial charge in [0.25, 0.3) is 0 Å². The van der Waals surface area contributed by atoms with Crippen LogP contribution in [0, 0.1) is 0 Å². The Morgan fingerprint density at radius 2 is 2.02 bits per heavy atom. The first kappa shape index (κ1) is 30.3. The molecule has 0 unspecified atom stereocenters. The summed E-state index contributed by atoms with van der Waals surface area (Å²) in [5.41, 5.74) is 2.93. The van der Waals surface area contributed by atoms with Gasteiger partial charge in [-0.1, -0.05) is 25.7 Å². The number of rotatable bonds is 11. The molecule has 0 aliphatic carbocycles. The van der Waals surface area contributed by atoms with Crippen molar-refractivity contribution in [2.75, 3.05) is 64.1 Å². The number of aromatic nitrogens is 3. The standard InChI is InChI=1S/C28H38BrF2N5O4Si/c1-41(2,3)11-10-39-19-36-24-14-32-26(29)13-22(24)27(33-36)20-4-5-23(25(12-20)40-18-28(30,31)17-37)35-7-6-34-8-9-38-16-21(34)15-35/h4-5,12-14,21,37H,6-11,15-19H2,1-3H3/t21-/m1/s1. The van der Waals surface area contributed by atoms with Crippen molar-refractivity contribution >= 4 is 40.6 Å². The average Bonchev–Trinajstić information content (AvgIpc) is 3.31. The Morgan fingerprint density at radius 3 is 2.80 bits per heavy atom. The summed E-state index contributed by atoms with van der Waals surface area (Å²) in [6.07, 6.45) is 1.75. The Balaban J connectivity index is 1.47. The zero-order chi connectivity index (χ0) is 29.2. The van der Waals surface area contributed by atoms with Gasteiger partial charge in [-0.2, -0.15) is 5.10 Å². The predicted octanol–water partition coefficient (Wildman–Crippen LogP) is 4.70. The van der Waals surface area contributed by atoms with Crippen molar-refractivity contribution in [3.63, 3.8) is 0 Å². The highest BCUT2D eigenvalue weighted by atomic mass is 79.9. The number of aliphatic hydroxyl groups excluding tert-OH is 1. The van der Waals surface area contributed by atoms with Crippen LogP contribution in [0.2, 0.25) is 25.7 Å².